The van der Waals surface area contributed by atoms with Gasteiger partial charge in [-0.1, -0.05) is 216 Å². The zero-order chi connectivity index (χ0) is 42.9. The molecule has 0 aromatic heterocycles. The first-order chi connectivity index (χ1) is 29.7. The van der Waals surface area contributed by atoms with Gasteiger partial charge in [0.05, 0.1) is 11.4 Å². The molecule has 0 aliphatic carbocycles. The minimum absolute atomic E-state index is 0.826. The Bertz CT molecular complexity index is 2370. The minimum atomic E-state index is -2.42. The molecule has 0 aliphatic rings. The van der Waals surface area contributed by atoms with E-state index in [1.807, 2.05) is 24.3 Å². The third kappa shape index (κ3) is 12.7. The number of rotatable bonds is 10. The van der Waals surface area contributed by atoms with Crippen molar-refractivity contribution < 1.29 is 20.8 Å². The molecule has 0 N–H and O–H groups in total. The second-order valence-electron chi connectivity index (χ2n) is 14.4. The summed E-state index contributed by atoms with van der Waals surface area (Å²) in [5.41, 5.74) is 8.70. The van der Waals surface area contributed by atoms with Gasteiger partial charge in [-0.2, -0.15) is 0 Å². The van der Waals surface area contributed by atoms with Gasteiger partial charge < -0.3 is 10.2 Å². The normalized spacial score (nSPS) is 10.7. The van der Waals surface area contributed by atoms with Crippen LogP contribution in [0, 0.1) is 27.7 Å². The monoisotopic (exact) mass is 950 g/mol. The fourth-order valence-electron chi connectivity index (χ4n) is 6.46. The fourth-order valence-corrected chi connectivity index (χ4v) is 12.3. The Labute approximate surface area is 381 Å². The third-order valence-corrected chi connectivity index (χ3v) is 15.8. The van der Waals surface area contributed by atoms with Gasteiger partial charge in [0.1, 0.15) is 0 Å². The number of hydrogen-bond acceptors (Lipinski definition) is 2. The zero-order valence-corrected chi connectivity index (χ0v) is 40.5. The molecule has 9 heteroatoms. The number of aryl methyl sites for hydroxylation is 4. The van der Waals surface area contributed by atoms with Gasteiger partial charge in [0.25, 0.3) is 0 Å². The van der Waals surface area contributed by atoms with Crippen molar-refractivity contribution in [2.45, 2.75) is 27.7 Å². The molecule has 304 valence electrons. The van der Waals surface area contributed by atoms with E-state index >= 15 is 0 Å². The molecule has 8 rings (SSSR count). The SMILES string of the molecule is Cc1ccc(N=P([N-]c2ccc(C)cc2)(c2ccccc2)c2ccccc2)cc1.Cc1ccc(N=P([N-]c2ccc(C)cc2)(c2ccccc2)c2ccccc2)cc1.[Cl][Zr+2][Cl]. The molecule has 0 spiro atoms. The van der Waals surface area contributed by atoms with Crippen LogP contribution in [0.25, 0.3) is 10.2 Å². The van der Waals surface area contributed by atoms with Gasteiger partial charge in [-0.05, 0) is 87.6 Å². The predicted molar refractivity (Wildman–Crippen MR) is 265 cm³/mol. The maximum atomic E-state index is 5.33. The van der Waals surface area contributed by atoms with Crippen LogP contribution in [0.5, 0.6) is 0 Å². The van der Waals surface area contributed by atoms with Crippen LogP contribution < -0.4 is 21.2 Å². The van der Waals surface area contributed by atoms with Crippen molar-refractivity contribution in [3.63, 3.8) is 0 Å². The first kappa shape index (κ1) is 45.8. The summed E-state index contributed by atoms with van der Waals surface area (Å²) in [5.74, 6) is 0. The van der Waals surface area contributed by atoms with Crippen molar-refractivity contribution >= 4 is 75.4 Å². The Morgan fingerprint density at radius 1 is 0.328 bits per heavy atom. The van der Waals surface area contributed by atoms with Gasteiger partial charge >= 0.3 is 37.9 Å². The Morgan fingerprint density at radius 2 is 0.541 bits per heavy atom. The van der Waals surface area contributed by atoms with Crippen molar-refractivity contribution in [1.82, 2.24) is 0 Å². The average molecular weight is 953 g/mol. The summed E-state index contributed by atoms with van der Waals surface area (Å²) in [6.45, 7) is 8.38. The van der Waals surface area contributed by atoms with Gasteiger partial charge in [0.15, 0.2) is 0 Å². The summed E-state index contributed by atoms with van der Waals surface area (Å²) in [6.07, 6.45) is 0. The Kier molecular flexibility index (Phi) is 17.2. The van der Waals surface area contributed by atoms with E-state index in [1.165, 1.54) is 22.3 Å². The van der Waals surface area contributed by atoms with Crippen molar-refractivity contribution in [3.05, 3.63) is 251 Å². The van der Waals surface area contributed by atoms with E-state index in [1.54, 1.807) is 0 Å². The first-order valence-electron chi connectivity index (χ1n) is 19.9. The summed E-state index contributed by atoms with van der Waals surface area (Å²) in [7, 11) is 5.02. The zero-order valence-electron chi connectivity index (χ0n) is 34.7. The number of nitrogens with zero attached hydrogens (tertiary/aromatic N) is 4. The molecule has 0 heterocycles. The second-order valence-corrected chi connectivity index (χ2v) is 23.4. The number of halogens is 2. The van der Waals surface area contributed by atoms with Crippen molar-refractivity contribution in [2.24, 2.45) is 9.49 Å². The summed E-state index contributed by atoms with van der Waals surface area (Å²) >= 11 is -0.826. The molecule has 8 aromatic carbocycles. The molecule has 0 radical (unpaired) electrons. The van der Waals surface area contributed by atoms with E-state index in [4.69, 9.17) is 36.7 Å². The molecule has 0 aliphatic heterocycles. The van der Waals surface area contributed by atoms with Gasteiger partial charge in [-0.3, -0.25) is 9.49 Å². The predicted octanol–water partition coefficient (Wildman–Crippen LogP) is 16.2. The van der Waals surface area contributed by atoms with E-state index in [-0.39, 0.29) is 0 Å². The van der Waals surface area contributed by atoms with Crippen LogP contribution in [0.1, 0.15) is 22.3 Å². The van der Waals surface area contributed by atoms with Crippen molar-refractivity contribution in [3.8, 4) is 0 Å². The van der Waals surface area contributed by atoms with Crippen LogP contribution >= 0.6 is 31.4 Å². The average Bonchev–Trinajstić information content (AvgIpc) is 3.30. The number of benzene rings is 8. The topological polar surface area (TPSA) is 52.9 Å². The molecular formula is C52H48Cl2N4P2Zr. The summed E-state index contributed by atoms with van der Waals surface area (Å²) in [6, 6.07) is 75.5. The molecule has 0 unspecified atom stereocenters. The molecule has 0 atom stereocenters. The van der Waals surface area contributed by atoms with Crippen molar-refractivity contribution in [1.29, 1.82) is 0 Å². The van der Waals surface area contributed by atoms with Crippen molar-refractivity contribution in [2.75, 3.05) is 0 Å². The standard InChI is InChI=1S/2C26H24N2P.2ClH.Zr/c2*1-21-13-17-23(18-14-21)27-29(25-9-5-3-6-10-25,26-11-7-4-8-12-26)28-24-19-15-22(2)16-20-24;;;/h2*3-20H,1-2H3;2*1H;/q2*-1;;;+4/p-2. The van der Waals surface area contributed by atoms with E-state index in [0.717, 1.165) is 44.0 Å². The maximum absolute atomic E-state index is 5.33. The number of hydrogen-bond donors (Lipinski definition) is 0. The molecule has 0 amide bonds. The fraction of sp³-hybridized carbons (Fsp3) is 0.0769. The second kappa shape index (κ2) is 22.9. The van der Waals surface area contributed by atoms with E-state index < -0.39 is 35.3 Å². The van der Waals surface area contributed by atoms with Crippen LogP contribution in [0.3, 0.4) is 0 Å². The first-order valence-corrected chi connectivity index (χ1v) is 29.6. The van der Waals surface area contributed by atoms with E-state index in [9.17, 15) is 0 Å². The Balaban J connectivity index is 0.000000192. The van der Waals surface area contributed by atoms with Gasteiger partial charge in [0, 0.05) is 0 Å². The van der Waals surface area contributed by atoms with Gasteiger partial charge in [-0.25, -0.2) is 0 Å². The van der Waals surface area contributed by atoms with E-state index in [0.29, 0.717) is 0 Å². The van der Waals surface area contributed by atoms with Crippen LogP contribution in [0.2, 0.25) is 0 Å². The third-order valence-electron chi connectivity index (χ3n) is 9.64. The Morgan fingerprint density at radius 3 is 0.770 bits per heavy atom. The van der Waals surface area contributed by atoms with E-state index in [2.05, 4.69) is 222 Å². The van der Waals surface area contributed by atoms with Gasteiger partial charge in [0.2, 0.25) is 0 Å². The van der Waals surface area contributed by atoms with Crippen LogP contribution in [0.15, 0.2) is 228 Å². The Hall–Kier alpha value is -4.72. The summed E-state index contributed by atoms with van der Waals surface area (Å²) < 4.78 is 10.7. The molecule has 0 bridgehead atoms. The quantitative estimate of drug-likeness (QED) is 0.123. The van der Waals surface area contributed by atoms with Crippen LogP contribution in [-0.2, 0) is 20.8 Å². The summed E-state index contributed by atoms with van der Waals surface area (Å²) in [5, 5.41) is 15.3. The molecule has 0 fully saturated rings. The van der Waals surface area contributed by atoms with Crippen LogP contribution in [-0.4, -0.2) is 0 Å². The molecule has 4 nitrogen and oxygen atoms in total. The van der Waals surface area contributed by atoms with Gasteiger partial charge in [-0.15, -0.1) is 11.4 Å². The summed E-state index contributed by atoms with van der Waals surface area (Å²) in [4.78, 5) is 0. The molecular weight excluding hydrogens is 905 g/mol. The van der Waals surface area contributed by atoms with Crippen LogP contribution in [0.4, 0.5) is 22.7 Å². The molecule has 0 saturated heterocycles. The molecule has 0 saturated carbocycles. The molecule has 61 heavy (non-hydrogen) atoms. The molecule has 8 aromatic rings.